The number of rotatable bonds is 5. The van der Waals surface area contributed by atoms with Crippen LogP contribution < -0.4 is 4.74 Å². The van der Waals surface area contributed by atoms with Crippen molar-refractivity contribution in [2.24, 2.45) is 0 Å². The maximum Gasteiger partial charge on any atom is 0.227 e. The lowest BCUT2D eigenvalue weighted by atomic mass is 10.0. The molecule has 1 fully saturated rings. The van der Waals surface area contributed by atoms with Crippen LogP contribution in [0, 0.1) is 13.8 Å². The quantitative estimate of drug-likeness (QED) is 0.821. The fraction of sp³-hybridized carbons (Fsp3) is 0.524. The molecular formula is C21H26N2O3. The average Bonchev–Trinajstić information content (AvgIpc) is 3.37. The summed E-state index contributed by atoms with van der Waals surface area (Å²) >= 11 is 0. The highest BCUT2D eigenvalue weighted by molar-refractivity contribution is 5.79. The Morgan fingerprint density at radius 3 is 2.81 bits per heavy atom. The highest BCUT2D eigenvalue weighted by atomic mass is 16.5. The van der Waals surface area contributed by atoms with Crippen molar-refractivity contribution in [2.75, 3.05) is 6.61 Å². The number of amides is 1. The molecule has 0 saturated heterocycles. The van der Waals surface area contributed by atoms with Gasteiger partial charge in [-0.1, -0.05) is 30.1 Å². The highest BCUT2D eigenvalue weighted by Crippen LogP contribution is 2.29. The number of nitrogens with zero attached hydrogens (tertiary/aromatic N) is 2. The Morgan fingerprint density at radius 2 is 2.08 bits per heavy atom. The van der Waals surface area contributed by atoms with Crippen molar-refractivity contribution in [1.29, 1.82) is 0 Å². The van der Waals surface area contributed by atoms with Crippen LogP contribution in [0.4, 0.5) is 0 Å². The number of hydrogen-bond donors (Lipinski definition) is 0. The van der Waals surface area contributed by atoms with E-state index < -0.39 is 0 Å². The molecule has 1 saturated carbocycles. The van der Waals surface area contributed by atoms with E-state index in [2.05, 4.69) is 22.2 Å². The first-order chi connectivity index (χ1) is 12.6. The van der Waals surface area contributed by atoms with Crippen molar-refractivity contribution in [1.82, 2.24) is 10.1 Å². The zero-order valence-corrected chi connectivity index (χ0v) is 15.6. The first kappa shape index (κ1) is 17.1. The molecule has 0 N–H and O–H groups in total. The molecule has 2 aromatic rings. The van der Waals surface area contributed by atoms with E-state index in [9.17, 15) is 4.79 Å². The van der Waals surface area contributed by atoms with Gasteiger partial charge >= 0.3 is 0 Å². The van der Waals surface area contributed by atoms with Gasteiger partial charge in [0.15, 0.2) is 0 Å². The molecule has 1 aliphatic heterocycles. The number of hydrogen-bond acceptors (Lipinski definition) is 4. The summed E-state index contributed by atoms with van der Waals surface area (Å²) in [5.41, 5.74) is 4.19. The Kier molecular flexibility index (Phi) is 4.70. The summed E-state index contributed by atoms with van der Waals surface area (Å²) < 4.78 is 10.8. The molecule has 5 heteroatoms. The van der Waals surface area contributed by atoms with Crippen molar-refractivity contribution in [3.05, 3.63) is 46.3 Å². The van der Waals surface area contributed by atoms with E-state index >= 15 is 0 Å². The molecule has 2 aliphatic rings. The second-order valence-corrected chi connectivity index (χ2v) is 7.48. The van der Waals surface area contributed by atoms with Crippen molar-refractivity contribution < 1.29 is 14.1 Å². The molecule has 1 amide bonds. The van der Waals surface area contributed by atoms with Crippen LogP contribution in [0.15, 0.2) is 22.7 Å². The first-order valence-electron chi connectivity index (χ1n) is 9.57. The number of ether oxygens (including phenoxy) is 1. The van der Waals surface area contributed by atoms with Crippen molar-refractivity contribution in [3.63, 3.8) is 0 Å². The molecule has 0 spiro atoms. The minimum atomic E-state index is 0.169. The van der Waals surface area contributed by atoms with Gasteiger partial charge in [-0.2, -0.15) is 0 Å². The van der Waals surface area contributed by atoms with E-state index in [1.807, 2.05) is 19.9 Å². The zero-order valence-electron chi connectivity index (χ0n) is 15.6. The Hall–Kier alpha value is -2.30. The summed E-state index contributed by atoms with van der Waals surface area (Å²) in [5, 5.41) is 3.99. The number of carbonyl (C=O) groups excluding carboxylic acids is 1. The van der Waals surface area contributed by atoms with Gasteiger partial charge in [-0.3, -0.25) is 4.79 Å². The molecule has 0 atom stereocenters. The minimum absolute atomic E-state index is 0.169. The Bertz CT molecular complexity index is 786. The number of aromatic nitrogens is 1. The zero-order chi connectivity index (χ0) is 18.1. The van der Waals surface area contributed by atoms with Crippen LogP contribution >= 0.6 is 0 Å². The predicted molar refractivity (Wildman–Crippen MR) is 98.1 cm³/mol. The molecule has 0 radical (unpaired) electrons. The number of carbonyl (C=O) groups is 1. The molecule has 4 rings (SSSR count). The fourth-order valence-corrected chi connectivity index (χ4v) is 4.18. The molecule has 26 heavy (non-hydrogen) atoms. The maximum absolute atomic E-state index is 13.2. The second-order valence-electron chi connectivity index (χ2n) is 7.48. The van der Waals surface area contributed by atoms with Gasteiger partial charge in [-0.15, -0.1) is 0 Å². The molecule has 5 nitrogen and oxygen atoms in total. The van der Waals surface area contributed by atoms with Crippen LogP contribution in [0.2, 0.25) is 0 Å². The lowest BCUT2D eigenvalue weighted by molar-refractivity contribution is -0.133. The highest BCUT2D eigenvalue weighted by Gasteiger charge is 2.28. The summed E-state index contributed by atoms with van der Waals surface area (Å²) in [7, 11) is 0. The molecule has 2 heterocycles. The summed E-state index contributed by atoms with van der Waals surface area (Å²) in [6, 6.07) is 6.68. The van der Waals surface area contributed by atoms with E-state index in [0.29, 0.717) is 19.0 Å². The summed E-state index contributed by atoms with van der Waals surface area (Å²) in [5.74, 6) is 1.91. The minimum Gasteiger partial charge on any atom is -0.493 e. The van der Waals surface area contributed by atoms with Gasteiger partial charge in [-0.25, -0.2) is 0 Å². The SMILES string of the molecule is Cc1noc(C)c1CC(=O)N(Cc1ccc2c(c1)CCO2)C1CCCC1. The smallest absolute Gasteiger partial charge is 0.227 e. The van der Waals surface area contributed by atoms with Crippen molar-refractivity contribution >= 4 is 5.91 Å². The standard InChI is InChI=1S/C21H26N2O3/c1-14-19(15(2)26-22-14)12-21(24)23(18-5-3-4-6-18)13-16-7-8-20-17(11-16)9-10-25-20/h7-8,11,18H,3-6,9-10,12-13H2,1-2H3. The predicted octanol–water partition coefficient (Wildman–Crippen LogP) is 3.74. The van der Waals surface area contributed by atoms with E-state index in [4.69, 9.17) is 9.26 Å². The first-order valence-corrected chi connectivity index (χ1v) is 9.57. The lowest BCUT2D eigenvalue weighted by Crippen LogP contribution is -2.39. The molecule has 0 bridgehead atoms. The maximum atomic E-state index is 13.2. The number of fused-ring (bicyclic) bond motifs is 1. The normalized spacial score (nSPS) is 16.5. The van der Waals surface area contributed by atoms with E-state index in [1.165, 1.54) is 24.0 Å². The largest absolute Gasteiger partial charge is 0.493 e. The van der Waals surface area contributed by atoms with Crippen LogP contribution in [-0.2, 0) is 24.2 Å². The average molecular weight is 354 g/mol. The molecule has 0 unspecified atom stereocenters. The van der Waals surface area contributed by atoms with E-state index in [1.54, 1.807) is 0 Å². The summed E-state index contributed by atoms with van der Waals surface area (Å²) in [6.07, 6.45) is 5.93. The Balaban J connectivity index is 1.55. The van der Waals surface area contributed by atoms with Crippen LogP contribution in [-0.4, -0.2) is 28.6 Å². The Morgan fingerprint density at radius 1 is 1.27 bits per heavy atom. The number of benzene rings is 1. The monoisotopic (exact) mass is 354 g/mol. The molecule has 1 aliphatic carbocycles. The van der Waals surface area contributed by atoms with Crippen LogP contribution in [0.5, 0.6) is 5.75 Å². The number of aryl methyl sites for hydroxylation is 2. The third kappa shape index (κ3) is 3.35. The van der Waals surface area contributed by atoms with Crippen molar-refractivity contribution in [2.45, 2.75) is 65.0 Å². The molecule has 138 valence electrons. The lowest BCUT2D eigenvalue weighted by Gasteiger charge is -2.29. The second kappa shape index (κ2) is 7.14. The van der Waals surface area contributed by atoms with Gasteiger partial charge in [0.1, 0.15) is 11.5 Å². The van der Waals surface area contributed by atoms with Gasteiger partial charge in [0, 0.05) is 24.6 Å². The Labute approximate surface area is 154 Å². The van der Waals surface area contributed by atoms with Crippen LogP contribution in [0.25, 0.3) is 0 Å². The molecular weight excluding hydrogens is 328 g/mol. The van der Waals surface area contributed by atoms with Gasteiger partial charge in [0.05, 0.1) is 18.7 Å². The van der Waals surface area contributed by atoms with Gasteiger partial charge < -0.3 is 14.2 Å². The van der Waals surface area contributed by atoms with Crippen molar-refractivity contribution in [3.8, 4) is 5.75 Å². The van der Waals surface area contributed by atoms with Crippen LogP contribution in [0.3, 0.4) is 0 Å². The fourth-order valence-electron chi connectivity index (χ4n) is 4.18. The third-order valence-corrected chi connectivity index (χ3v) is 5.70. The molecule has 1 aromatic heterocycles. The van der Waals surface area contributed by atoms with Crippen LogP contribution in [0.1, 0.15) is 53.8 Å². The summed E-state index contributed by atoms with van der Waals surface area (Å²) in [4.78, 5) is 15.3. The van der Waals surface area contributed by atoms with Gasteiger partial charge in [-0.05, 0) is 43.9 Å². The van der Waals surface area contributed by atoms with E-state index in [0.717, 1.165) is 48.6 Å². The molecule has 1 aromatic carbocycles. The topological polar surface area (TPSA) is 55.6 Å². The van der Waals surface area contributed by atoms with E-state index in [-0.39, 0.29) is 5.91 Å². The summed E-state index contributed by atoms with van der Waals surface area (Å²) in [6.45, 7) is 5.21. The van der Waals surface area contributed by atoms with Gasteiger partial charge in [0.2, 0.25) is 5.91 Å². The van der Waals surface area contributed by atoms with Gasteiger partial charge in [0.25, 0.3) is 0 Å². The third-order valence-electron chi connectivity index (χ3n) is 5.70.